The van der Waals surface area contributed by atoms with Gasteiger partial charge in [0, 0.05) is 13.2 Å². The summed E-state index contributed by atoms with van der Waals surface area (Å²) < 4.78 is 31.0. The molecule has 2 unspecified atom stereocenters. The quantitative estimate of drug-likeness (QED) is 0.751. The molecule has 0 amide bonds. The van der Waals surface area contributed by atoms with Gasteiger partial charge in [0.25, 0.3) is 0 Å². The number of nitrogens with zero attached hydrogens (tertiary/aromatic N) is 1. The summed E-state index contributed by atoms with van der Waals surface area (Å²) in [5.41, 5.74) is 0. The number of sulfonamides is 1. The molecule has 1 rings (SSSR count). The minimum Gasteiger partial charge on any atom is -0.378 e. The van der Waals surface area contributed by atoms with Crippen LogP contribution in [-0.2, 0) is 14.8 Å². The zero-order valence-electron chi connectivity index (χ0n) is 9.48. The topological polar surface area (TPSA) is 79.2 Å². The molecule has 0 aromatic rings. The highest BCUT2D eigenvalue weighted by Gasteiger charge is 2.23. The van der Waals surface area contributed by atoms with Crippen molar-refractivity contribution in [3.05, 3.63) is 0 Å². The van der Waals surface area contributed by atoms with Crippen molar-refractivity contribution in [1.82, 2.24) is 4.72 Å². The fourth-order valence-corrected chi connectivity index (χ4v) is 2.90. The monoisotopic (exact) mass is 246 g/mol. The molecule has 0 aromatic heterocycles. The van der Waals surface area contributed by atoms with E-state index in [4.69, 9.17) is 10.00 Å². The van der Waals surface area contributed by atoms with Crippen molar-refractivity contribution in [2.24, 2.45) is 0 Å². The highest BCUT2D eigenvalue weighted by molar-refractivity contribution is 7.90. The van der Waals surface area contributed by atoms with E-state index < -0.39 is 15.3 Å². The third-order valence-corrected chi connectivity index (χ3v) is 4.48. The molecule has 0 saturated carbocycles. The van der Waals surface area contributed by atoms with Crippen molar-refractivity contribution >= 4 is 10.0 Å². The third kappa shape index (κ3) is 3.74. The van der Waals surface area contributed by atoms with E-state index in [1.54, 1.807) is 13.0 Å². The summed E-state index contributed by atoms with van der Waals surface area (Å²) in [5.74, 6) is 0. The predicted molar refractivity (Wildman–Crippen MR) is 60.2 cm³/mol. The molecule has 1 saturated heterocycles. The molecule has 0 aromatic carbocycles. The Labute approximate surface area is 96.8 Å². The first-order valence-corrected chi connectivity index (χ1v) is 7.14. The molecule has 1 heterocycles. The number of nitrogens with one attached hydrogen (secondary N) is 1. The number of rotatable bonds is 6. The van der Waals surface area contributed by atoms with E-state index in [1.165, 1.54) is 0 Å². The van der Waals surface area contributed by atoms with E-state index in [2.05, 4.69) is 4.72 Å². The molecule has 6 heteroatoms. The summed E-state index contributed by atoms with van der Waals surface area (Å²) in [6.45, 7) is 2.81. The van der Waals surface area contributed by atoms with E-state index >= 15 is 0 Å². The largest absolute Gasteiger partial charge is 0.378 e. The molecule has 1 aliphatic heterocycles. The van der Waals surface area contributed by atoms with Crippen LogP contribution in [0.2, 0.25) is 0 Å². The summed E-state index contributed by atoms with van der Waals surface area (Å²) in [7, 11) is -3.48. The lowest BCUT2D eigenvalue weighted by Crippen LogP contribution is -2.34. The van der Waals surface area contributed by atoms with Gasteiger partial charge in [0.05, 0.1) is 12.2 Å². The summed E-state index contributed by atoms with van der Waals surface area (Å²) in [6, 6.07) is 1.79. The fourth-order valence-electron chi connectivity index (χ4n) is 1.71. The molecule has 16 heavy (non-hydrogen) atoms. The fraction of sp³-hybridized carbons (Fsp3) is 0.900. The summed E-state index contributed by atoms with van der Waals surface area (Å²) in [5, 5.41) is 7.73. The Bertz CT molecular complexity index is 342. The number of hydrogen-bond donors (Lipinski definition) is 1. The van der Waals surface area contributed by atoms with Crippen molar-refractivity contribution in [1.29, 1.82) is 5.26 Å². The van der Waals surface area contributed by atoms with Crippen LogP contribution in [0.25, 0.3) is 0 Å². The molecule has 92 valence electrons. The number of nitriles is 1. The van der Waals surface area contributed by atoms with Gasteiger partial charge >= 0.3 is 0 Å². The van der Waals surface area contributed by atoms with Crippen LogP contribution in [0.4, 0.5) is 0 Å². The average Bonchev–Trinajstić information content (AvgIpc) is 2.71. The van der Waals surface area contributed by atoms with Gasteiger partial charge in [0.15, 0.2) is 5.25 Å². The Kier molecular flexibility index (Phi) is 5.19. The van der Waals surface area contributed by atoms with E-state index in [1.807, 2.05) is 0 Å². The molecular weight excluding hydrogens is 228 g/mol. The van der Waals surface area contributed by atoms with Crippen molar-refractivity contribution in [3.8, 4) is 6.07 Å². The normalized spacial score (nSPS) is 22.9. The molecule has 0 radical (unpaired) electrons. The molecule has 2 atom stereocenters. The second-order valence-corrected chi connectivity index (χ2v) is 5.84. The molecule has 0 bridgehead atoms. The van der Waals surface area contributed by atoms with Crippen LogP contribution in [0.15, 0.2) is 0 Å². The number of hydrogen-bond acceptors (Lipinski definition) is 4. The minimum atomic E-state index is -3.48. The molecule has 1 fully saturated rings. The molecule has 1 aliphatic rings. The Hall–Kier alpha value is -0.640. The van der Waals surface area contributed by atoms with Gasteiger partial charge < -0.3 is 4.74 Å². The van der Waals surface area contributed by atoms with Gasteiger partial charge in [-0.2, -0.15) is 5.26 Å². The van der Waals surface area contributed by atoms with Gasteiger partial charge in [-0.1, -0.05) is 6.92 Å². The van der Waals surface area contributed by atoms with Gasteiger partial charge in [-0.25, -0.2) is 13.1 Å². The first-order chi connectivity index (χ1) is 7.60. The first-order valence-electron chi connectivity index (χ1n) is 5.60. The van der Waals surface area contributed by atoms with Crippen LogP contribution in [-0.4, -0.2) is 32.9 Å². The Morgan fingerprint density at radius 1 is 1.62 bits per heavy atom. The molecule has 0 aliphatic carbocycles. The van der Waals surface area contributed by atoms with Gasteiger partial charge in [-0.15, -0.1) is 0 Å². The molecule has 0 spiro atoms. The third-order valence-electron chi connectivity index (χ3n) is 2.68. The Morgan fingerprint density at radius 3 is 2.88 bits per heavy atom. The van der Waals surface area contributed by atoms with Gasteiger partial charge in [0.2, 0.25) is 10.0 Å². The predicted octanol–water partition coefficient (Wildman–Crippen LogP) is 0.777. The van der Waals surface area contributed by atoms with Crippen LogP contribution >= 0.6 is 0 Å². The zero-order chi connectivity index (χ0) is 12.0. The second-order valence-electron chi connectivity index (χ2n) is 3.89. The van der Waals surface area contributed by atoms with Crippen molar-refractivity contribution in [2.75, 3.05) is 13.2 Å². The minimum absolute atomic E-state index is 0.171. The number of ether oxygens (including phenoxy) is 1. The van der Waals surface area contributed by atoms with Crippen molar-refractivity contribution in [2.45, 2.75) is 44.0 Å². The van der Waals surface area contributed by atoms with Crippen LogP contribution in [0.1, 0.15) is 32.6 Å². The highest BCUT2D eigenvalue weighted by atomic mass is 32.2. The molecular formula is C10H18N2O3S. The second kappa shape index (κ2) is 6.18. The van der Waals surface area contributed by atoms with Crippen molar-refractivity contribution < 1.29 is 13.2 Å². The van der Waals surface area contributed by atoms with E-state index in [9.17, 15) is 8.42 Å². The highest BCUT2D eigenvalue weighted by Crippen LogP contribution is 2.14. The Balaban J connectivity index is 2.33. The smallest absolute Gasteiger partial charge is 0.227 e. The maximum Gasteiger partial charge on any atom is 0.227 e. The maximum absolute atomic E-state index is 11.6. The van der Waals surface area contributed by atoms with Crippen LogP contribution in [0.3, 0.4) is 0 Å². The van der Waals surface area contributed by atoms with Crippen molar-refractivity contribution in [3.63, 3.8) is 0 Å². The summed E-state index contributed by atoms with van der Waals surface area (Å²) in [6.07, 6.45) is 3.21. The van der Waals surface area contributed by atoms with Gasteiger partial charge in [-0.3, -0.25) is 0 Å². The van der Waals surface area contributed by atoms with E-state index in [0.717, 1.165) is 19.4 Å². The van der Waals surface area contributed by atoms with E-state index in [-0.39, 0.29) is 6.10 Å². The summed E-state index contributed by atoms with van der Waals surface area (Å²) >= 11 is 0. The summed E-state index contributed by atoms with van der Waals surface area (Å²) in [4.78, 5) is 0. The lowest BCUT2D eigenvalue weighted by atomic mass is 10.2. The lowest BCUT2D eigenvalue weighted by Gasteiger charge is -2.12. The zero-order valence-corrected chi connectivity index (χ0v) is 10.3. The molecule has 1 N–H and O–H groups in total. The maximum atomic E-state index is 11.6. The van der Waals surface area contributed by atoms with Crippen LogP contribution in [0, 0.1) is 11.3 Å². The van der Waals surface area contributed by atoms with Crippen LogP contribution < -0.4 is 4.72 Å². The first kappa shape index (κ1) is 13.4. The van der Waals surface area contributed by atoms with Gasteiger partial charge in [0.1, 0.15) is 0 Å². The average molecular weight is 246 g/mol. The standard InChI is InChI=1S/C10H18N2O3S/c1-2-10(8-11)16(13,14)12-6-5-9-4-3-7-15-9/h9-10,12H,2-7H2,1H3. The lowest BCUT2D eigenvalue weighted by molar-refractivity contribution is 0.105. The molecule has 5 nitrogen and oxygen atoms in total. The van der Waals surface area contributed by atoms with Crippen LogP contribution in [0.5, 0.6) is 0 Å². The SMILES string of the molecule is CCC(C#N)S(=O)(=O)NCCC1CCCO1. The van der Waals surface area contributed by atoms with E-state index in [0.29, 0.717) is 19.4 Å². The van der Waals surface area contributed by atoms with Gasteiger partial charge in [-0.05, 0) is 25.7 Å². The Morgan fingerprint density at radius 2 is 2.38 bits per heavy atom.